The normalized spacial score (nSPS) is 17.6. The van der Waals surface area contributed by atoms with Crippen LogP contribution in [0.25, 0.3) is 6.08 Å². The van der Waals surface area contributed by atoms with Crippen molar-refractivity contribution in [1.29, 1.82) is 0 Å². The zero-order valence-electron chi connectivity index (χ0n) is 8.81. The SMILES string of the molecule is C=Cc1ccc(NC(=O)OCC2CO2)cc1. The van der Waals surface area contributed by atoms with E-state index in [-0.39, 0.29) is 6.10 Å². The molecule has 1 amide bonds. The quantitative estimate of drug-likeness (QED) is 0.790. The molecule has 4 nitrogen and oxygen atoms in total. The molecule has 0 saturated carbocycles. The van der Waals surface area contributed by atoms with E-state index in [2.05, 4.69) is 11.9 Å². The second-order valence-corrected chi connectivity index (χ2v) is 3.50. The summed E-state index contributed by atoms with van der Waals surface area (Å²) >= 11 is 0. The number of ether oxygens (including phenoxy) is 2. The van der Waals surface area contributed by atoms with Crippen molar-refractivity contribution in [3.8, 4) is 0 Å². The maximum atomic E-state index is 11.3. The van der Waals surface area contributed by atoms with Crippen LogP contribution < -0.4 is 5.32 Å². The van der Waals surface area contributed by atoms with Gasteiger partial charge in [0.15, 0.2) is 0 Å². The topological polar surface area (TPSA) is 50.9 Å². The number of hydrogen-bond donors (Lipinski definition) is 1. The summed E-state index contributed by atoms with van der Waals surface area (Å²) in [6.45, 7) is 4.65. The van der Waals surface area contributed by atoms with Crippen LogP contribution in [-0.4, -0.2) is 25.4 Å². The van der Waals surface area contributed by atoms with Crippen molar-refractivity contribution < 1.29 is 14.3 Å². The highest BCUT2D eigenvalue weighted by Crippen LogP contribution is 2.12. The minimum Gasteiger partial charge on any atom is -0.446 e. The lowest BCUT2D eigenvalue weighted by atomic mass is 10.2. The van der Waals surface area contributed by atoms with Crippen LogP contribution in [0.3, 0.4) is 0 Å². The maximum Gasteiger partial charge on any atom is 0.411 e. The third kappa shape index (κ3) is 3.10. The Kier molecular flexibility index (Phi) is 3.22. The minimum absolute atomic E-state index is 0.0916. The lowest BCUT2D eigenvalue weighted by molar-refractivity contribution is 0.150. The van der Waals surface area contributed by atoms with Crippen LogP contribution in [0.2, 0.25) is 0 Å². The highest BCUT2D eigenvalue weighted by molar-refractivity contribution is 5.84. The third-order valence-electron chi connectivity index (χ3n) is 2.20. The van der Waals surface area contributed by atoms with Gasteiger partial charge < -0.3 is 9.47 Å². The van der Waals surface area contributed by atoms with Crippen LogP contribution in [0.4, 0.5) is 10.5 Å². The number of carbonyl (C=O) groups excluding carboxylic acids is 1. The van der Waals surface area contributed by atoms with Crippen LogP contribution in [0, 0.1) is 0 Å². The van der Waals surface area contributed by atoms with Gasteiger partial charge in [-0.2, -0.15) is 0 Å². The molecule has 1 aliphatic rings. The first-order valence-corrected chi connectivity index (χ1v) is 5.06. The van der Waals surface area contributed by atoms with Crippen LogP contribution in [-0.2, 0) is 9.47 Å². The van der Waals surface area contributed by atoms with Gasteiger partial charge in [0.1, 0.15) is 12.7 Å². The Labute approximate surface area is 93.9 Å². The number of carbonyl (C=O) groups is 1. The van der Waals surface area contributed by atoms with Crippen molar-refractivity contribution in [3.05, 3.63) is 36.4 Å². The summed E-state index contributed by atoms with van der Waals surface area (Å²) in [4.78, 5) is 11.3. The fraction of sp³-hybridized carbons (Fsp3) is 0.250. The molecule has 1 aromatic rings. The zero-order valence-corrected chi connectivity index (χ0v) is 8.81. The summed E-state index contributed by atoms with van der Waals surface area (Å²) in [7, 11) is 0. The first kappa shape index (κ1) is 10.7. The van der Waals surface area contributed by atoms with Crippen LogP contribution in [0.15, 0.2) is 30.8 Å². The molecule has 1 atom stereocenters. The van der Waals surface area contributed by atoms with E-state index in [1.807, 2.05) is 12.1 Å². The largest absolute Gasteiger partial charge is 0.446 e. The van der Waals surface area contributed by atoms with Gasteiger partial charge in [-0.3, -0.25) is 5.32 Å². The summed E-state index contributed by atoms with van der Waals surface area (Å²) in [6, 6.07) is 7.33. The Balaban J connectivity index is 1.81. The summed E-state index contributed by atoms with van der Waals surface area (Å²) in [6.07, 6.45) is 1.38. The molecular formula is C12H13NO3. The van der Waals surface area contributed by atoms with Gasteiger partial charge in [-0.05, 0) is 17.7 Å². The van der Waals surface area contributed by atoms with Crippen molar-refractivity contribution in [2.45, 2.75) is 6.10 Å². The van der Waals surface area contributed by atoms with E-state index in [0.29, 0.717) is 18.9 Å². The third-order valence-corrected chi connectivity index (χ3v) is 2.20. The first-order valence-electron chi connectivity index (χ1n) is 5.06. The Hall–Kier alpha value is -1.81. The van der Waals surface area contributed by atoms with Gasteiger partial charge in [-0.25, -0.2) is 4.79 Å². The van der Waals surface area contributed by atoms with Crippen molar-refractivity contribution in [3.63, 3.8) is 0 Å². The fourth-order valence-electron chi connectivity index (χ4n) is 1.19. The Morgan fingerprint density at radius 1 is 1.56 bits per heavy atom. The molecule has 0 aromatic heterocycles. The minimum atomic E-state index is -0.457. The van der Waals surface area contributed by atoms with E-state index < -0.39 is 6.09 Å². The number of benzene rings is 1. The molecule has 16 heavy (non-hydrogen) atoms. The molecule has 1 saturated heterocycles. The molecule has 1 unspecified atom stereocenters. The Bertz CT molecular complexity index is 382. The Morgan fingerprint density at radius 3 is 2.81 bits per heavy atom. The molecule has 0 radical (unpaired) electrons. The van der Waals surface area contributed by atoms with E-state index in [1.165, 1.54) is 0 Å². The van der Waals surface area contributed by atoms with E-state index >= 15 is 0 Å². The van der Waals surface area contributed by atoms with E-state index in [1.54, 1.807) is 18.2 Å². The molecule has 0 spiro atoms. The standard InChI is InChI=1S/C12H13NO3/c1-2-9-3-5-10(6-4-9)13-12(14)16-8-11-7-15-11/h2-6,11H,1,7-8H2,(H,13,14). The monoisotopic (exact) mass is 219 g/mol. The molecule has 1 N–H and O–H groups in total. The van der Waals surface area contributed by atoms with Crippen molar-refractivity contribution in [2.75, 3.05) is 18.5 Å². The highest BCUT2D eigenvalue weighted by Gasteiger charge is 2.24. The number of anilines is 1. The fourth-order valence-corrected chi connectivity index (χ4v) is 1.19. The van der Waals surface area contributed by atoms with Gasteiger partial charge in [-0.1, -0.05) is 24.8 Å². The lowest BCUT2D eigenvalue weighted by Gasteiger charge is -2.05. The molecule has 2 rings (SSSR count). The van der Waals surface area contributed by atoms with Crippen molar-refractivity contribution >= 4 is 17.9 Å². The van der Waals surface area contributed by atoms with E-state index in [9.17, 15) is 4.79 Å². The van der Waals surface area contributed by atoms with E-state index in [0.717, 1.165) is 5.56 Å². The molecule has 4 heteroatoms. The van der Waals surface area contributed by atoms with Gasteiger partial charge in [0.2, 0.25) is 0 Å². The average molecular weight is 219 g/mol. The van der Waals surface area contributed by atoms with Gasteiger partial charge >= 0.3 is 6.09 Å². The molecule has 84 valence electrons. The molecule has 1 heterocycles. The second-order valence-electron chi connectivity index (χ2n) is 3.50. The average Bonchev–Trinajstić information content (AvgIpc) is 3.11. The van der Waals surface area contributed by atoms with Gasteiger partial charge in [0.05, 0.1) is 6.61 Å². The summed E-state index contributed by atoms with van der Waals surface area (Å²) < 4.78 is 9.85. The number of hydrogen-bond acceptors (Lipinski definition) is 3. The summed E-state index contributed by atoms with van der Waals surface area (Å²) in [5.41, 5.74) is 1.71. The smallest absolute Gasteiger partial charge is 0.411 e. The second kappa shape index (κ2) is 4.81. The number of nitrogens with one attached hydrogen (secondary N) is 1. The highest BCUT2D eigenvalue weighted by atomic mass is 16.6. The van der Waals surface area contributed by atoms with Crippen molar-refractivity contribution in [1.82, 2.24) is 0 Å². The maximum absolute atomic E-state index is 11.3. The molecule has 1 fully saturated rings. The van der Waals surface area contributed by atoms with E-state index in [4.69, 9.17) is 9.47 Å². The first-order chi connectivity index (χ1) is 7.78. The zero-order chi connectivity index (χ0) is 11.4. The van der Waals surface area contributed by atoms with Gasteiger partial charge in [0.25, 0.3) is 0 Å². The van der Waals surface area contributed by atoms with Crippen molar-refractivity contribution in [2.24, 2.45) is 0 Å². The van der Waals surface area contributed by atoms with Gasteiger partial charge in [-0.15, -0.1) is 0 Å². The number of amides is 1. The molecule has 0 bridgehead atoms. The number of epoxide rings is 1. The predicted octanol–water partition coefficient (Wildman–Crippen LogP) is 2.28. The van der Waals surface area contributed by atoms with Gasteiger partial charge in [0, 0.05) is 5.69 Å². The predicted molar refractivity (Wildman–Crippen MR) is 61.2 cm³/mol. The molecule has 0 aliphatic carbocycles. The molecule has 1 aromatic carbocycles. The van der Waals surface area contributed by atoms with Crippen LogP contribution in [0.5, 0.6) is 0 Å². The molecular weight excluding hydrogens is 206 g/mol. The summed E-state index contributed by atoms with van der Waals surface area (Å²) in [5.74, 6) is 0. The molecule has 1 aliphatic heterocycles. The Morgan fingerprint density at radius 2 is 2.25 bits per heavy atom. The summed E-state index contributed by atoms with van der Waals surface area (Å²) in [5, 5.41) is 2.63. The number of rotatable bonds is 4. The lowest BCUT2D eigenvalue weighted by Crippen LogP contribution is -2.16. The van der Waals surface area contributed by atoms with Crippen LogP contribution >= 0.6 is 0 Å². The van der Waals surface area contributed by atoms with Crippen LogP contribution in [0.1, 0.15) is 5.56 Å².